The summed E-state index contributed by atoms with van der Waals surface area (Å²) >= 11 is 0. The maximum absolute atomic E-state index is 9.67. The Balaban J connectivity index is 1.88. The number of hydrogen-bond acceptors (Lipinski definition) is 3. The Morgan fingerprint density at radius 1 is 1.44 bits per heavy atom. The summed E-state index contributed by atoms with van der Waals surface area (Å²) in [4.78, 5) is 2.30. The number of phenols is 1. The molecule has 1 fully saturated rings. The Morgan fingerprint density at radius 2 is 2.17 bits per heavy atom. The number of nitrogens with one attached hydrogen (secondary N) is 1. The Hall–Kier alpha value is -1.66. The van der Waals surface area contributed by atoms with Gasteiger partial charge in [-0.2, -0.15) is 0 Å². The van der Waals surface area contributed by atoms with Crippen molar-refractivity contribution in [2.75, 3.05) is 25.0 Å². The highest BCUT2D eigenvalue weighted by molar-refractivity contribution is 5.51. The monoisotopic (exact) mass is 244 g/mol. The molecule has 0 amide bonds. The molecule has 1 heterocycles. The molecule has 18 heavy (non-hydrogen) atoms. The number of aryl methyl sites for hydroxylation is 1. The zero-order chi connectivity index (χ0) is 13.0. The van der Waals surface area contributed by atoms with Crippen molar-refractivity contribution in [3.05, 3.63) is 23.8 Å². The van der Waals surface area contributed by atoms with E-state index in [-0.39, 0.29) is 0 Å². The van der Waals surface area contributed by atoms with Gasteiger partial charge in [0.1, 0.15) is 5.75 Å². The molecule has 0 aromatic heterocycles. The SMILES string of the molecule is C#CCN1CCC(Nc2ccc(C)c(O)c2)CC1. The van der Waals surface area contributed by atoms with Gasteiger partial charge in [-0.05, 0) is 31.4 Å². The number of nitrogens with zero attached hydrogens (tertiary/aromatic N) is 1. The smallest absolute Gasteiger partial charge is 0.120 e. The van der Waals surface area contributed by atoms with Gasteiger partial charge in [0, 0.05) is 30.9 Å². The molecule has 1 saturated heterocycles. The zero-order valence-electron chi connectivity index (χ0n) is 10.8. The van der Waals surface area contributed by atoms with Crippen LogP contribution in [0.3, 0.4) is 0 Å². The summed E-state index contributed by atoms with van der Waals surface area (Å²) < 4.78 is 0. The number of hydrogen-bond donors (Lipinski definition) is 2. The molecule has 1 aromatic carbocycles. The van der Waals surface area contributed by atoms with Crippen LogP contribution in [0.5, 0.6) is 5.75 Å². The highest BCUT2D eigenvalue weighted by atomic mass is 16.3. The maximum Gasteiger partial charge on any atom is 0.120 e. The summed E-state index contributed by atoms with van der Waals surface area (Å²) in [6.07, 6.45) is 7.50. The quantitative estimate of drug-likeness (QED) is 0.800. The van der Waals surface area contributed by atoms with E-state index >= 15 is 0 Å². The number of likely N-dealkylation sites (tertiary alicyclic amines) is 1. The minimum Gasteiger partial charge on any atom is -0.508 e. The first-order valence-corrected chi connectivity index (χ1v) is 6.41. The van der Waals surface area contributed by atoms with E-state index in [1.54, 1.807) is 6.07 Å². The van der Waals surface area contributed by atoms with Crippen molar-refractivity contribution in [2.24, 2.45) is 0 Å². The van der Waals surface area contributed by atoms with Gasteiger partial charge < -0.3 is 10.4 Å². The largest absolute Gasteiger partial charge is 0.508 e. The second-order valence-electron chi connectivity index (χ2n) is 4.90. The third-order valence-corrected chi connectivity index (χ3v) is 3.48. The van der Waals surface area contributed by atoms with Crippen LogP contribution in [-0.4, -0.2) is 35.7 Å². The van der Waals surface area contributed by atoms with Gasteiger partial charge in [0.15, 0.2) is 0 Å². The first-order chi connectivity index (χ1) is 8.69. The molecule has 0 aliphatic carbocycles. The van der Waals surface area contributed by atoms with Gasteiger partial charge in [-0.25, -0.2) is 0 Å². The van der Waals surface area contributed by atoms with Crippen LogP contribution in [0, 0.1) is 19.3 Å². The van der Waals surface area contributed by atoms with E-state index in [4.69, 9.17) is 6.42 Å². The fourth-order valence-electron chi connectivity index (χ4n) is 2.30. The van der Waals surface area contributed by atoms with E-state index in [2.05, 4.69) is 16.1 Å². The molecular formula is C15H20N2O. The Bertz CT molecular complexity index is 442. The van der Waals surface area contributed by atoms with E-state index in [0.717, 1.165) is 43.7 Å². The number of anilines is 1. The Morgan fingerprint density at radius 3 is 2.78 bits per heavy atom. The number of rotatable bonds is 3. The van der Waals surface area contributed by atoms with Gasteiger partial charge >= 0.3 is 0 Å². The topological polar surface area (TPSA) is 35.5 Å². The predicted octanol–water partition coefficient (Wildman–Crippen LogP) is 2.21. The van der Waals surface area contributed by atoms with Crippen LogP contribution in [0.2, 0.25) is 0 Å². The van der Waals surface area contributed by atoms with E-state index in [1.165, 1.54) is 0 Å². The van der Waals surface area contributed by atoms with Crippen molar-refractivity contribution in [3.63, 3.8) is 0 Å². The van der Waals surface area contributed by atoms with Gasteiger partial charge in [0.05, 0.1) is 6.54 Å². The van der Waals surface area contributed by atoms with Gasteiger partial charge in [-0.15, -0.1) is 6.42 Å². The molecule has 2 rings (SSSR count). The lowest BCUT2D eigenvalue weighted by Gasteiger charge is -2.31. The molecule has 1 aromatic rings. The summed E-state index contributed by atoms with van der Waals surface area (Å²) in [5, 5.41) is 13.1. The maximum atomic E-state index is 9.67. The lowest BCUT2D eigenvalue weighted by molar-refractivity contribution is 0.243. The van der Waals surface area contributed by atoms with Crippen LogP contribution >= 0.6 is 0 Å². The van der Waals surface area contributed by atoms with E-state index in [9.17, 15) is 5.11 Å². The van der Waals surface area contributed by atoms with Crippen molar-refractivity contribution in [3.8, 4) is 18.1 Å². The van der Waals surface area contributed by atoms with Gasteiger partial charge in [0.2, 0.25) is 0 Å². The summed E-state index contributed by atoms with van der Waals surface area (Å²) in [6.45, 7) is 4.73. The molecule has 1 aliphatic rings. The van der Waals surface area contributed by atoms with Crippen molar-refractivity contribution in [1.82, 2.24) is 4.90 Å². The number of piperidine rings is 1. The summed E-state index contributed by atoms with van der Waals surface area (Å²) in [6, 6.07) is 6.22. The zero-order valence-corrected chi connectivity index (χ0v) is 10.8. The highest BCUT2D eigenvalue weighted by Crippen LogP contribution is 2.23. The molecule has 0 spiro atoms. The summed E-state index contributed by atoms with van der Waals surface area (Å²) in [5.41, 5.74) is 1.90. The number of phenolic OH excluding ortho intramolecular Hbond substituents is 1. The van der Waals surface area contributed by atoms with Crippen molar-refractivity contribution in [2.45, 2.75) is 25.8 Å². The number of terminal acetylenes is 1. The van der Waals surface area contributed by atoms with E-state index in [1.807, 2.05) is 19.1 Å². The Kier molecular flexibility index (Phi) is 4.11. The van der Waals surface area contributed by atoms with E-state index in [0.29, 0.717) is 11.8 Å². The minimum absolute atomic E-state index is 0.352. The van der Waals surface area contributed by atoms with Crippen molar-refractivity contribution < 1.29 is 5.11 Å². The third-order valence-electron chi connectivity index (χ3n) is 3.48. The van der Waals surface area contributed by atoms with Crippen LogP contribution in [-0.2, 0) is 0 Å². The molecule has 0 bridgehead atoms. The van der Waals surface area contributed by atoms with Crippen LogP contribution < -0.4 is 5.32 Å². The van der Waals surface area contributed by atoms with Gasteiger partial charge in [0.25, 0.3) is 0 Å². The molecule has 0 atom stereocenters. The lowest BCUT2D eigenvalue weighted by Crippen LogP contribution is -2.39. The average molecular weight is 244 g/mol. The normalized spacial score (nSPS) is 17.3. The van der Waals surface area contributed by atoms with Crippen LogP contribution in [0.15, 0.2) is 18.2 Å². The fourth-order valence-corrected chi connectivity index (χ4v) is 2.30. The van der Waals surface area contributed by atoms with Crippen LogP contribution in [0.4, 0.5) is 5.69 Å². The first kappa shape index (κ1) is 12.8. The molecule has 0 unspecified atom stereocenters. The van der Waals surface area contributed by atoms with E-state index < -0.39 is 0 Å². The van der Waals surface area contributed by atoms with Crippen LogP contribution in [0.1, 0.15) is 18.4 Å². The third kappa shape index (κ3) is 3.18. The number of benzene rings is 1. The molecule has 96 valence electrons. The summed E-state index contributed by atoms with van der Waals surface area (Å²) in [7, 11) is 0. The summed E-state index contributed by atoms with van der Waals surface area (Å²) in [5.74, 6) is 3.04. The minimum atomic E-state index is 0.352. The average Bonchev–Trinajstić information content (AvgIpc) is 2.37. The van der Waals surface area contributed by atoms with Crippen molar-refractivity contribution >= 4 is 5.69 Å². The second kappa shape index (κ2) is 5.79. The predicted molar refractivity (Wildman–Crippen MR) is 74.8 cm³/mol. The lowest BCUT2D eigenvalue weighted by atomic mass is 10.0. The fraction of sp³-hybridized carbons (Fsp3) is 0.467. The second-order valence-corrected chi connectivity index (χ2v) is 4.90. The molecule has 3 heteroatoms. The van der Waals surface area contributed by atoms with Crippen molar-refractivity contribution in [1.29, 1.82) is 0 Å². The molecule has 1 aliphatic heterocycles. The first-order valence-electron chi connectivity index (χ1n) is 6.41. The molecule has 0 saturated carbocycles. The molecule has 2 N–H and O–H groups in total. The molecule has 0 radical (unpaired) electrons. The Labute approximate surface area is 109 Å². The molecule has 3 nitrogen and oxygen atoms in total. The van der Waals surface area contributed by atoms with Gasteiger partial charge in [-0.1, -0.05) is 12.0 Å². The standard InChI is InChI=1S/C15H20N2O/c1-3-8-17-9-6-13(7-10-17)16-14-5-4-12(2)15(18)11-14/h1,4-5,11,13,16,18H,6-10H2,2H3. The van der Waals surface area contributed by atoms with Crippen LogP contribution in [0.25, 0.3) is 0 Å². The van der Waals surface area contributed by atoms with Gasteiger partial charge in [-0.3, -0.25) is 4.90 Å². The molecular weight excluding hydrogens is 224 g/mol. The highest BCUT2D eigenvalue weighted by Gasteiger charge is 2.18. The number of aromatic hydroxyl groups is 1.